The first-order chi connectivity index (χ1) is 6.67. The summed E-state index contributed by atoms with van der Waals surface area (Å²) in [5.41, 5.74) is 0. The van der Waals surface area contributed by atoms with Crippen LogP contribution in [-0.2, 0) is 0 Å². The molecule has 3 heteroatoms. The van der Waals surface area contributed by atoms with E-state index in [0.717, 1.165) is 6.42 Å². The lowest BCUT2D eigenvalue weighted by Gasteiger charge is -2.19. The lowest BCUT2D eigenvalue weighted by molar-refractivity contribution is 0.236. The smallest absolute Gasteiger partial charge is 0.0651 e. The maximum absolute atomic E-state index is 9.28. The molecule has 0 saturated carbocycles. The van der Waals surface area contributed by atoms with Gasteiger partial charge in [0, 0.05) is 15.8 Å². The van der Waals surface area contributed by atoms with Crippen molar-refractivity contribution in [3.8, 4) is 0 Å². The second kappa shape index (κ2) is 5.49. The number of aliphatic hydroxyl groups is 1. The van der Waals surface area contributed by atoms with Gasteiger partial charge in [0.05, 0.1) is 12.6 Å². The number of thiophene rings is 1. The second-order valence-electron chi connectivity index (χ2n) is 3.66. The van der Waals surface area contributed by atoms with Crippen molar-refractivity contribution >= 4 is 11.3 Å². The van der Waals surface area contributed by atoms with Gasteiger partial charge in [0.25, 0.3) is 0 Å². The Labute approximate surface area is 90.0 Å². The van der Waals surface area contributed by atoms with Crippen LogP contribution in [0, 0.1) is 6.92 Å². The predicted molar refractivity (Wildman–Crippen MR) is 61.8 cm³/mol. The van der Waals surface area contributed by atoms with Crippen molar-refractivity contribution < 1.29 is 5.11 Å². The van der Waals surface area contributed by atoms with E-state index in [-0.39, 0.29) is 12.6 Å². The van der Waals surface area contributed by atoms with Crippen LogP contribution in [0.25, 0.3) is 0 Å². The van der Waals surface area contributed by atoms with Gasteiger partial charge in [-0.2, -0.15) is 0 Å². The van der Waals surface area contributed by atoms with Crippen molar-refractivity contribution in [3.63, 3.8) is 0 Å². The van der Waals surface area contributed by atoms with Gasteiger partial charge in [0.2, 0.25) is 0 Å². The summed E-state index contributed by atoms with van der Waals surface area (Å²) in [4.78, 5) is 2.52. The van der Waals surface area contributed by atoms with Crippen molar-refractivity contribution in [1.29, 1.82) is 0 Å². The predicted octanol–water partition coefficient (Wildman–Crippen LogP) is 2.48. The molecule has 0 fully saturated rings. The molecule has 1 aromatic heterocycles. The largest absolute Gasteiger partial charge is 0.394 e. The van der Waals surface area contributed by atoms with Gasteiger partial charge in [-0.3, -0.25) is 0 Å². The molecule has 0 aliphatic carbocycles. The van der Waals surface area contributed by atoms with Gasteiger partial charge in [-0.1, -0.05) is 6.92 Å². The Morgan fingerprint density at radius 2 is 2.21 bits per heavy atom. The molecule has 1 rings (SSSR count). The molecule has 1 heterocycles. The molecule has 0 aromatic carbocycles. The van der Waals surface area contributed by atoms with Crippen LogP contribution < -0.4 is 5.32 Å². The zero-order valence-corrected chi connectivity index (χ0v) is 9.90. The molecular weight excluding hydrogens is 194 g/mol. The monoisotopic (exact) mass is 213 g/mol. The van der Waals surface area contributed by atoms with E-state index in [0.29, 0.717) is 6.04 Å². The van der Waals surface area contributed by atoms with E-state index < -0.39 is 0 Å². The Morgan fingerprint density at radius 3 is 2.64 bits per heavy atom. The molecule has 14 heavy (non-hydrogen) atoms. The van der Waals surface area contributed by atoms with Crippen molar-refractivity contribution in [3.05, 3.63) is 21.9 Å². The van der Waals surface area contributed by atoms with Crippen LogP contribution in [0.5, 0.6) is 0 Å². The molecule has 0 amide bonds. The zero-order valence-electron chi connectivity index (χ0n) is 9.08. The first-order valence-electron chi connectivity index (χ1n) is 5.10. The fourth-order valence-electron chi connectivity index (χ4n) is 1.33. The summed E-state index contributed by atoms with van der Waals surface area (Å²) in [5, 5.41) is 12.7. The summed E-state index contributed by atoms with van der Waals surface area (Å²) in [7, 11) is 0. The molecule has 2 N–H and O–H groups in total. The van der Waals surface area contributed by atoms with Crippen LogP contribution in [0.1, 0.15) is 36.1 Å². The molecule has 2 atom stereocenters. The van der Waals surface area contributed by atoms with Crippen LogP contribution in [-0.4, -0.2) is 17.8 Å². The average molecular weight is 213 g/mol. The molecule has 0 aliphatic rings. The maximum atomic E-state index is 9.28. The van der Waals surface area contributed by atoms with Gasteiger partial charge in [0.1, 0.15) is 0 Å². The summed E-state index contributed by atoms with van der Waals surface area (Å²) in [6.45, 7) is 6.55. The molecule has 0 spiro atoms. The van der Waals surface area contributed by atoms with E-state index in [2.05, 4.69) is 38.2 Å². The van der Waals surface area contributed by atoms with Crippen LogP contribution >= 0.6 is 11.3 Å². The third-order valence-electron chi connectivity index (χ3n) is 2.39. The SMILES string of the molecule is CCC(C)NC(CO)c1ccc(C)s1. The van der Waals surface area contributed by atoms with Crippen LogP contribution in [0.2, 0.25) is 0 Å². The van der Waals surface area contributed by atoms with Gasteiger partial charge in [-0.05, 0) is 32.4 Å². The Balaban J connectivity index is 2.62. The molecule has 80 valence electrons. The van der Waals surface area contributed by atoms with Crippen LogP contribution in [0.15, 0.2) is 12.1 Å². The van der Waals surface area contributed by atoms with Crippen molar-refractivity contribution in [2.45, 2.75) is 39.3 Å². The minimum atomic E-state index is 0.101. The minimum Gasteiger partial charge on any atom is -0.394 e. The summed E-state index contributed by atoms with van der Waals surface area (Å²) in [6, 6.07) is 4.75. The molecule has 0 aliphatic heterocycles. The molecule has 2 unspecified atom stereocenters. The second-order valence-corrected chi connectivity index (χ2v) is 4.98. The number of rotatable bonds is 5. The highest BCUT2D eigenvalue weighted by atomic mass is 32.1. The Hall–Kier alpha value is -0.380. The summed E-state index contributed by atoms with van der Waals surface area (Å²) in [5.74, 6) is 0. The Morgan fingerprint density at radius 1 is 1.50 bits per heavy atom. The van der Waals surface area contributed by atoms with E-state index in [9.17, 15) is 5.11 Å². The van der Waals surface area contributed by atoms with Crippen LogP contribution in [0.3, 0.4) is 0 Å². The zero-order chi connectivity index (χ0) is 10.6. The van der Waals surface area contributed by atoms with Gasteiger partial charge >= 0.3 is 0 Å². The fourth-order valence-corrected chi connectivity index (χ4v) is 2.26. The number of hydrogen-bond donors (Lipinski definition) is 2. The van der Waals surface area contributed by atoms with E-state index >= 15 is 0 Å². The molecule has 0 saturated heterocycles. The summed E-state index contributed by atoms with van der Waals surface area (Å²) >= 11 is 1.75. The van der Waals surface area contributed by atoms with Gasteiger partial charge in [0.15, 0.2) is 0 Å². The third kappa shape index (κ3) is 3.08. The number of nitrogens with one attached hydrogen (secondary N) is 1. The fraction of sp³-hybridized carbons (Fsp3) is 0.636. The number of aryl methyl sites for hydroxylation is 1. The van der Waals surface area contributed by atoms with Crippen LogP contribution in [0.4, 0.5) is 0 Å². The average Bonchev–Trinajstić information content (AvgIpc) is 2.60. The lowest BCUT2D eigenvalue weighted by Crippen LogP contribution is -2.31. The molecule has 2 nitrogen and oxygen atoms in total. The minimum absolute atomic E-state index is 0.101. The standard InChI is InChI=1S/C11H19NOS/c1-4-8(2)12-10(7-13)11-6-5-9(3)14-11/h5-6,8,10,12-13H,4,7H2,1-3H3. The molecule has 0 bridgehead atoms. The quantitative estimate of drug-likeness (QED) is 0.787. The van der Waals surface area contributed by atoms with E-state index in [1.807, 2.05) is 0 Å². The Bertz CT molecular complexity index is 272. The highest BCUT2D eigenvalue weighted by Gasteiger charge is 2.13. The normalized spacial score (nSPS) is 15.4. The highest BCUT2D eigenvalue weighted by molar-refractivity contribution is 7.12. The molecule has 1 aromatic rings. The topological polar surface area (TPSA) is 32.3 Å². The molecular formula is C11H19NOS. The summed E-state index contributed by atoms with van der Waals surface area (Å²) in [6.07, 6.45) is 1.08. The molecule has 0 radical (unpaired) electrons. The van der Waals surface area contributed by atoms with Crippen molar-refractivity contribution in [2.75, 3.05) is 6.61 Å². The van der Waals surface area contributed by atoms with E-state index in [4.69, 9.17) is 0 Å². The third-order valence-corrected chi connectivity index (χ3v) is 3.50. The van der Waals surface area contributed by atoms with Gasteiger partial charge < -0.3 is 10.4 Å². The first kappa shape index (κ1) is 11.7. The van der Waals surface area contributed by atoms with E-state index in [1.165, 1.54) is 9.75 Å². The van der Waals surface area contributed by atoms with E-state index in [1.54, 1.807) is 11.3 Å². The number of hydrogen-bond acceptors (Lipinski definition) is 3. The lowest BCUT2D eigenvalue weighted by atomic mass is 10.2. The van der Waals surface area contributed by atoms with Crippen molar-refractivity contribution in [1.82, 2.24) is 5.32 Å². The number of aliphatic hydroxyl groups excluding tert-OH is 1. The maximum Gasteiger partial charge on any atom is 0.0651 e. The highest BCUT2D eigenvalue weighted by Crippen LogP contribution is 2.22. The Kier molecular flexibility index (Phi) is 4.58. The van der Waals surface area contributed by atoms with Gasteiger partial charge in [-0.15, -0.1) is 11.3 Å². The summed E-state index contributed by atoms with van der Waals surface area (Å²) < 4.78 is 0. The van der Waals surface area contributed by atoms with Gasteiger partial charge in [-0.25, -0.2) is 0 Å². The van der Waals surface area contributed by atoms with Crippen molar-refractivity contribution in [2.24, 2.45) is 0 Å². The first-order valence-corrected chi connectivity index (χ1v) is 5.92.